The predicted molar refractivity (Wildman–Crippen MR) is 111 cm³/mol. The minimum atomic E-state index is -0.292. The van der Waals surface area contributed by atoms with Crippen molar-refractivity contribution in [3.8, 4) is 5.75 Å². The summed E-state index contributed by atoms with van der Waals surface area (Å²) in [6.07, 6.45) is 5.19. The molecule has 7 nitrogen and oxygen atoms in total. The van der Waals surface area contributed by atoms with Crippen molar-refractivity contribution in [2.45, 2.75) is 19.4 Å². The quantitative estimate of drug-likeness (QED) is 0.712. The van der Waals surface area contributed by atoms with Crippen molar-refractivity contribution in [2.24, 2.45) is 5.92 Å². The third kappa shape index (κ3) is 6.57. The lowest BCUT2D eigenvalue weighted by atomic mass is 9.96. The number of carbonyl (C=O) groups is 2. The highest BCUT2D eigenvalue weighted by atomic mass is 16.5. The number of nitrogens with one attached hydrogen (secondary N) is 2. The van der Waals surface area contributed by atoms with Crippen molar-refractivity contribution in [1.82, 2.24) is 20.5 Å². The zero-order valence-electron chi connectivity index (χ0n) is 16.8. The van der Waals surface area contributed by atoms with E-state index in [1.165, 1.54) is 11.8 Å². The van der Waals surface area contributed by atoms with Crippen LogP contribution in [-0.2, 0) is 11.3 Å². The first-order valence-electron chi connectivity index (χ1n) is 9.94. The van der Waals surface area contributed by atoms with Gasteiger partial charge < -0.3 is 15.4 Å². The number of aromatic nitrogens is 1. The van der Waals surface area contributed by atoms with Crippen LogP contribution in [-0.4, -0.2) is 55.0 Å². The van der Waals surface area contributed by atoms with Crippen LogP contribution in [0.1, 0.15) is 28.8 Å². The highest BCUT2D eigenvalue weighted by molar-refractivity contribution is 5.96. The number of hydrogen-bond donors (Lipinski definition) is 2. The minimum Gasteiger partial charge on any atom is -0.497 e. The van der Waals surface area contributed by atoms with E-state index in [1.54, 1.807) is 25.4 Å². The summed E-state index contributed by atoms with van der Waals surface area (Å²) in [5, 5.41) is 5.56. The van der Waals surface area contributed by atoms with Crippen LogP contribution < -0.4 is 15.4 Å². The number of nitrogens with zero attached hydrogens (tertiary/aromatic N) is 2. The molecule has 0 atom stereocenters. The first-order valence-corrected chi connectivity index (χ1v) is 9.94. The number of methoxy groups -OCH3 is 1. The van der Waals surface area contributed by atoms with Crippen molar-refractivity contribution in [3.05, 3.63) is 59.9 Å². The van der Waals surface area contributed by atoms with Gasteiger partial charge in [-0.05, 0) is 61.7 Å². The first kappa shape index (κ1) is 20.8. The molecule has 1 aliphatic heterocycles. The smallest absolute Gasteiger partial charge is 0.253 e. The average molecular weight is 396 g/mol. The fourth-order valence-corrected chi connectivity index (χ4v) is 3.42. The highest BCUT2D eigenvalue weighted by Gasteiger charge is 2.20. The zero-order chi connectivity index (χ0) is 20.5. The SMILES string of the molecule is COc1ccc(CN2CCC(CNC(=O)CNC(=O)c3cccnc3)CC2)cc1. The van der Waals surface area contributed by atoms with Crippen molar-refractivity contribution >= 4 is 11.8 Å². The van der Waals surface area contributed by atoms with Gasteiger partial charge in [0.1, 0.15) is 5.75 Å². The Bertz CT molecular complexity index is 787. The van der Waals surface area contributed by atoms with Gasteiger partial charge in [0, 0.05) is 25.5 Å². The normalized spacial score (nSPS) is 14.9. The fourth-order valence-electron chi connectivity index (χ4n) is 3.42. The van der Waals surface area contributed by atoms with Crippen LogP contribution in [0, 0.1) is 5.92 Å². The summed E-state index contributed by atoms with van der Waals surface area (Å²) in [7, 11) is 1.67. The maximum Gasteiger partial charge on any atom is 0.253 e. The molecule has 1 aromatic heterocycles. The Hall–Kier alpha value is -2.93. The van der Waals surface area contributed by atoms with Crippen molar-refractivity contribution < 1.29 is 14.3 Å². The summed E-state index contributed by atoms with van der Waals surface area (Å²) in [6.45, 7) is 3.60. The first-order chi connectivity index (χ1) is 14.1. The van der Waals surface area contributed by atoms with E-state index in [0.717, 1.165) is 38.2 Å². The third-order valence-electron chi connectivity index (χ3n) is 5.19. The van der Waals surface area contributed by atoms with E-state index < -0.39 is 0 Å². The summed E-state index contributed by atoms with van der Waals surface area (Å²) >= 11 is 0. The number of pyridine rings is 1. The van der Waals surface area contributed by atoms with Crippen LogP contribution in [0.4, 0.5) is 0 Å². The molecule has 3 rings (SSSR count). The van der Waals surface area contributed by atoms with Crippen LogP contribution >= 0.6 is 0 Å². The molecule has 1 fully saturated rings. The van der Waals surface area contributed by atoms with Gasteiger partial charge in [-0.25, -0.2) is 0 Å². The largest absolute Gasteiger partial charge is 0.497 e. The molecule has 0 radical (unpaired) electrons. The van der Waals surface area contributed by atoms with Crippen molar-refractivity contribution in [1.29, 1.82) is 0 Å². The number of rotatable bonds is 8. The topological polar surface area (TPSA) is 83.6 Å². The van der Waals surface area contributed by atoms with E-state index in [2.05, 4.69) is 32.7 Å². The minimum absolute atomic E-state index is 0.0238. The number of likely N-dealkylation sites (tertiary alicyclic amines) is 1. The van der Waals surface area contributed by atoms with E-state index >= 15 is 0 Å². The summed E-state index contributed by atoms with van der Waals surface area (Å²) in [4.78, 5) is 30.3. The maximum absolute atomic E-state index is 12.0. The van der Waals surface area contributed by atoms with Gasteiger partial charge >= 0.3 is 0 Å². The number of hydrogen-bond acceptors (Lipinski definition) is 5. The van der Waals surface area contributed by atoms with Gasteiger partial charge in [0.05, 0.1) is 19.2 Å². The summed E-state index contributed by atoms with van der Waals surface area (Å²) < 4.78 is 5.20. The molecule has 0 saturated carbocycles. The van der Waals surface area contributed by atoms with Crippen molar-refractivity contribution in [2.75, 3.05) is 33.3 Å². The second-order valence-corrected chi connectivity index (χ2v) is 7.30. The van der Waals surface area contributed by atoms with Crippen LogP contribution in [0.2, 0.25) is 0 Å². The standard InChI is InChI=1S/C22H28N4O3/c1-29-20-6-4-18(5-7-20)16-26-11-8-17(9-12-26)13-24-21(27)15-25-22(28)19-3-2-10-23-14-19/h2-7,10,14,17H,8-9,11-13,15-16H2,1H3,(H,24,27)(H,25,28). The lowest BCUT2D eigenvalue weighted by molar-refractivity contribution is -0.120. The molecule has 2 N–H and O–H groups in total. The Morgan fingerprint density at radius 2 is 1.90 bits per heavy atom. The molecule has 0 bridgehead atoms. The lowest BCUT2D eigenvalue weighted by Crippen LogP contribution is -2.41. The molecule has 1 aliphatic rings. The van der Waals surface area contributed by atoms with Gasteiger partial charge in [0.25, 0.3) is 5.91 Å². The molecule has 2 heterocycles. The molecule has 29 heavy (non-hydrogen) atoms. The molecule has 2 aromatic rings. The van der Waals surface area contributed by atoms with E-state index in [4.69, 9.17) is 4.74 Å². The Kier molecular flexibility index (Phi) is 7.58. The van der Waals surface area contributed by atoms with Crippen molar-refractivity contribution in [3.63, 3.8) is 0 Å². The van der Waals surface area contributed by atoms with Gasteiger partial charge in [-0.3, -0.25) is 19.5 Å². The van der Waals surface area contributed by atoms with Crippen LogP contribution in [0.25, 0.3) is 0 Å². The Morgan fingerprint density at radius 1 is 1.14 bits per heavy atom. The number of ether oxygens (including phenoxy) is 1. The molecule has 2 amide bonds. The lowest BCUT2D eigenvalue weighted by Gasteiger charge is -2.32. The molecule has 7 heteroatoms. The van der Waals surface area contributed by atoms with Crippen LogP contribution in [0.5, 0.6) is 5.75 Å². The zero-order valence-corrected chi connectivity index (χ0v) is 16.8. The molecular formula is C22H28N4O3. The maximum atomic E-state index is 12.0. The third-order valence-corrected chi connectivity index (χ3v) is 5.19. The summed E-state index contributed by atoms with van der Waals surface area (Å²) in [6, 6.07) is 11.5. The average Bonchev–Trinajstić information content (AvgIpc) is 2.78. The Labute approximate surface area is 171 Å². The summed E-state index contributed by atoms with van der Waals surface area (Å²) in [5.41, 5.74) is 1.73. The van der Waals surface area contributed by atoms with Gasteiger partial charge in [-0.1, -0.05) is 12.1 Å². The van der Waals surface area contributed by atoms with Crippen LogP contribution in [0.3, 0.4) is 0 Å². The van der Waals surface area contributed by atoms with Crippen LogP contribution in [0.15, 0.2) is 48.8 Å². The molecule has 0 aliphatic carbocycles. The second-order valence-electron chi connectivity index (χ2n) is 7.30. The molecule has 1 aromatic carbocycles. The second kappa shape index (κ2) is 10.6. The Balaban J connectivity index is 1.32. The fraction of sp³-hybridized carbons (Fsp3) is 0.409. The van der Waals surface area contributed by atoms with Gasteiger partial charge in [-0.15, -0.1) is 0 Å². The summed E-state index contributed by atoms with van der Waals surface area (Å²) in [5.74, 6) is 0.892. The highest BCUT2D eigenvalue weighted by Crippen LogP contribution is 2.19. The molecule has 0 spiro atoms. The van der Waals surface area contributed by atoms with E-state index in [0.29, 0.717) is 18.0 Å². The van der Waals surface area contributed by atoms with E-state index in [9.17, 15) is 9.59 Å². The number of carbonyl (C=O) groups excluding carboxylic acids is 2. The van der Waals surface area contributed by atoms with E-state index in [-0.39, 0.29) is 18.4 Å². The van der Waals surface area contributed by atoms with E-state index in [1.807, 2.05) is 12.1 Å². The predicted octanol–water partition coefficient (Wildman–Crippen LogP) is 1.85. The van der Waals surface area contributed by atoms with Gasteiger partial charge in [0.15, 0.2) is 0 Å². The molecule has 154 valence electrons. The number of benzene rings is 1. The number of amides is 2. The molecular weight excluding hydrogens is 368 g/mol. The van der Waals surface area contributed by atoms with Gasteiger partial charge in [0.2, 0.25) is 5.91 Å². The Morgan fingerprint density at radius 3 is 2.55 bits per heavy atom. The monoisotopic (exact) mass is 396 g/mol. The number of piperidine rings is 1. The van der Waals surface area contributed by atoms with Gasteiger partial charge in [-0.2, -0.15) is 0 Å². The molecule has 0 unspecified atom stereocenters. The molecule has 1 saturated heterocycles.